The number of aliphatic carboxylic acids is 2. The Bertz CT molecular complexity index is 752. The van der Waals surface area contributed by atoms with E-state index in [0.717, 1.165) is 0 Å². The third-order valence-corrected chi connectivity index (χ3v) is 2.90. The van der Waals surface area contributed by atoms with Gasteiger partial charge in [0, 0.05) is 18.5 Å². The van der Waals surface area contributed by atoms with Crippen molar-refractivity contribution in [3.05, 3.63) is 52.9 Å². The maximum Gasteiger partial charge on any atom is 0.422 e. The van der Waals surface area contributed by atoms with Crippen LogP contribution in [0.1, 0.15) is 11.1 Å². The Labute approximate surface area is 156 Å². The summed E-state index contributed by atoms with van der Waals surface area (Å²) < 4.78 is 39.6. The van der Waals surface area contributed by atoms with Gasteiger partial charge in [-0.3, -0.25) is 9.59 Å². The number of aromatic nitrogens is 2. The number of ether oxygens (including phenoxy) is 1. The van der Waals surface area contributed by atoms with Crippen molar-refractivity contribution in [1.29, 1.82) is 0 Å². The number of pyridine rings is 2. The minimum absolute atomic E-state index is 0.00975. The van der Waals surface area contributed by atoms with Gasteiger partial charge < -0.3 is 14.9 Å². The fourth-order valence-corrected chi connectivity index (χ4v) is 1.73. The lowest BCUT2D eigenvalue weighted by Crippen LogP contribution is -2.19. The molecule has 0 saturated carbocycles. The minimum Gasteiger partial charge on any atom is -0.481 e. The number of hydrogen-bond acceptors (Lipinski definition) is 5. The second-order valence-corrected chi connectivity index (χ2v) is 5.43. The van der Waals surface area contributed by atoms with E-state index in [1.165, 1.54) is 24.5 Å². The van der Waals surface area contributed by atoms with E-state index in [9.17, 15) is 22.8 Å². The number of halogens is 4. The highest BCUT2D eigenvalue weighted by atomic mass is 35.5. The quantitative estimate of drug-likeness (QED) is 0.709. The molecule has 0 bridgehead atoms. The molecule has 0 atom stereocenters. The molecule has 7 nitrogen and oxygen atoms in total. The van der Waals surface area contributed by atoms with Crippen molar-refractivity contribution >= 4 is 23.5 Å². The lowest BCUT2D eigenvalue weighted by Gasteiger charge is -2.08. The highest BCUT2D eigenvalue weighted by Gasteiger charge is 2.28. The molecule has 0 amide bonds. The molecule has 0 saturated heterocycles. The normalized spacial score (nSPS) is 10.5. The summed E-state index contributed by atoms with van der Waals surface area (Å²) in [5.74, 6) is -2.09. The average molecular weight is 407 g/mol. The summed E-state index contributed by atoms with van der Waals surface area (Å²) in [6.07, 6.45) is -2.03. The summed E-state index contributed by atoms with van der Waals surface area (Å²) in [6, 6.07) is 5.76. The second kappa shape index (κ2) is 10.3. The molecule has 0 spiro atoms. The molecule has 2 aromatic rings. The maximum atomic E-state index is 11.8. The number of nitrogens with zero attached hydrogens (tertiary/aromatic N) is 2. The van der Waals surface area contributed by atoms with Crippen molar-refractivity contribution in [3.63, 3.8) is 0 Å². The molecule has 0 aliphatic heterocycles. The number of rotatable bonds is 6. The van der Waals surface area contributed by atoms with E-state index in [1.54, 1.807) is 12.1 Å². The van der Waals surface area contributed by atoms with Gasteiger partial charge in [0.25, 0.3) is 0 Å². The first-order valence-electron chi connectivity index (χ1n) is 7.23. The lowest BCUT2D eigenvalue weighted by molar-refractivity contribution is -0.154. The van der Waals surface area contributed by atoms with Crippen LogP contribution in [0.25, 0.3) is 0 Å². The molecule has 0 unspecified atom stereocenters. The van der Waals surface area contributed by atoms with Gasteiger partial charge in [0.15, 0.2) is 6.61 Å². The standard InChI is InChI=1S/C9H8F3NO3.C7H6ClNO2/c10-9(11,12)5-16-7-2-1-6(4-13-7)3-8(14)15;8-6-2-1-5(4-9-6)3-7(10)11/h1-2,4H,3,5H2,(H,14,15);1-2,4H,3H2,(H,10,11). The Morgan fingerprint density at radius 2 is 1.48 bits per heavy atom. The fraction of sp³-hybridized carbons (Fsp3) is 0.250. The molecule has 0 aliphatic carbocycles. The van der Waals surface area contributed by atoms with Gasteiger partial charge in [-0.2, -0.15) is 13.2 Å². The molecule has 146 valence electrons. The monoisotopic (exact) mass is 406 g/mol. The zero-order valence-corrected chi connectivity index (χ0v) is 14.4. The van der Waals surface area contributed by atoms with Crippen molar-refractivity contribution in [3.8, 4) is 5.88 Å². The summed E-state index contributed by atoms with van der Waals surface area (Å²) in [4.78, 5) is 27.8. The molecule has 0 radical (unpaired) electrons. The van der Waals surface area contributed by atoms with Crippen LogP contribution in [0.4, 0.5) is 13.2 Å². The number of carbonyl (C=O) groups is 2. The third-order valence-electron chi connectivity index (χ3n) is 2.68. The first-order valence-corrected chi connectivity index (χ1v) is 7.61. The number of carboxylic acid groups (broad SMARTS) is 2. The van der Waals surface area contributed by atoms with Crippen LogP contribution in [0.2, 0.25) is 5.15 Å². The topological polar surface area (TPSA) is 110 Å². The molecule has 2 rings (SSSR count). The first-order chi connectivity index (χ1) is 12.5. The Morgan fingerprint density at radius 3 is 1.85 bits per heavy atom. The molecule has 0 aliphatic rings. The zero-order chi connectivity index (χ0) is 20.4. The van der Waals surface area contributed by atoms with E-state index in [0.29, 0.717) is 16.3 Å². The molecule has 27 heavy (non-hydrogen) atoms. The van der Waals surface area contributed by atoms with E-state index in [2.05, 4.69) is 14.7 Å². The van der Waals surface area contributed by atoms with E-state index >= 15 is 0 Å². The Morgan fingerprint density at radius 1 is 0.963 bits per heavy atom. The molecular weight excluding hydrogens is 393 g/mol. The van der Waals surface area contributed by atoms with Crippen LogP contribution in [0, 0.1) is 0 Å². The summed E-state index contributed by atoms with van der Waals surface area (Å²) in [6.45, 7) is -1.42. The van der Waals surface area contributed by atoms with Crippen LogP contribution in [0.3, 0.4) is 0 Å². The van der Waals surface area contributed by atoms with Gasteiger partial charge in [-0.25, -0.2) is 9.97 Å². The van der Waals surface area contributed by atoms with Crippen LogP contribution in [0.5, 0.6) is 5.88 Å². The SMILES string of the molecule is O=C(O)Cc1ccc(Cl)nc1.O=C(O)Cc1ccc(OCC(F)(F)F)nc1. The van der Waals surface area contributed by atoms with Crippen LogP contribution in [-0.4, -0.2) is 44.9 Å². The first kappa shape index (κ1) is 22.2. The van der Waals surface area contributed by atoms with Crippen LogP contribution in [-0.2, 0) is 22.4 Å². The third kappa shape index (κ3) is 10.6. The predicted molar refractivity (Wildman–Crippen MR) is 87.7 cm³/mol. The van der Waals surface area contributed by atoms with Gasteiger partial charge >= 0.3 is 18.1 Å². The van der Waals surface area contributed by atoms with Gasteiger partial charge in [-0.15, -0.1) is 0 Å². The van der Waals surface area contributed by atoms with E-state index in [-0.39, 0.29) is 18.7 Å². The van der Waals surface area contributed by atoms with E-state index in [4.69, 9.17) is 21.8 Å². The van der Waals surface area contributed by atoms with E-state index < -0.39 is 24.7 Å². The predicted octanol–water partition coefficient (Wildman–Crippen LogP) is 3.01. The van der Waals surface area contributed by atoms with Crippen molar-refractivity contribution < 1.29 is 37.7 Å². The maximum absolute atomic E-state index is 11.8. The Kier molecular flexibility index (Phi) is 8.46. The summed E-state index contributed by atoms with van der Waals surface area (Å²) >= 11 is 5.49. The highest BCUT2D eigenvalue weighted by Crippen LogP contribution is 2.17. The van der Waals surface area contributed by atoms with Gasteiger partial charge in [-0.1, -0.05) is 23.7 Å². The molecule has 11 heteroatoms. The molecule has 2 N–H and O–H groups in total. The number of alkyl halides is 3. The van der Waals surface area contributed by atoms with Gasteiger partial charge in [0.2, 0.25) is 5.88 Å². The summed E-state index contributed by atoms with van der Waals surface area (Å²) in [7, 11) is 0. The summed E-state index contributed by atoms with van der Waals surface area (Å²) in [5.41, 5.74) is 1.05. The van der Waals surface area contributed by atoms with Crippen molar-refractivity contribution in [1.82, 2.24) is 9.97 Å². The van der Waals surface area contributed by atoms with Crippen LogP contribution < -0.4 is 4.74 Å². The zero-order valence-electron chi connectivity index (χ0n) is 13.6. The van der Waals surface area contributed by atoms with Crippen molar-refractivity contribution in [2.24, 2.45) is 0 Å². The smallest absolute Gasteiger partial charge is 0.422 e. The molecule has 2 aromatic heterocycles. The van der Waals surface area contributed by atoms with Crippen LogP contribution >= 0.6 is 11.6 Å². The Balaban J connectivity index is 0.000000289. The largest absolute Gasteiger partial charge is 0.481 e. The second-order valence-electron chi connectivity index (χ2n) is 5.04. The van der Waals surface area contributed by atoms with Gasteiger partial charge in [0.05, 0.1) is 12.8 Å². The van der Waals surface area contributed by atoms with E-state index in [1.807, 2.05) is 0 Å². The van der Waals surface area contributed by atoms with Crippen LogP contribution in [0.15, 0.2) is 36.7 Å². The van der Waals surface area contributed by atoms with Crippen molar-refractivity contribution in [2.45, 2.75) is 19.0 Å². The number of hydrogen-bond donors (Lipinski definition) is 2. The average Bonchev–Trinajstić information content (AvgIpc) is 2.55. The molecule has 0 fully saturated rings. The highest BCUT2D eigenvalue weighted by molar-refractivity contribution is 6.29. The van der Waals surface area contributed by atoms with Gasteiger partial charge in [0.1, 0.15) is 5.15 Å². The number of carboxylic acids is 2. The van der Waals surface area contributed by atoms with Gasteiger partial charge in [-0.05, 0) is 17.2 Å². The molecule has 0 aromatic carbocycles. The fourth-order valence-electron chi connectivity index (χ4n) is 1.62. The molecular formula is C16H14ClF3N2O5. The Hall–Kier alpha value is -2.88. The summed E-state index contributed by atoms with van der Waals surface area (Å²) in [5, 5.41) is 17.2. The minimum atomic E-state index is -4.42. The lowest BCUT2D eigenvalue weighted by atomic mass is 10.2. The molecule has 2 heterocycles. The van der Waals surface area contributed by atoms with Crippen molar-refractivity contribution in [2.75, 3.05) is 6.61 Å².